The number of carbonyl (C=O) groups excluding carboxylic acids is 2. The summed E-state index contributed by atoms with van der Waals surface area (Å²) in [6, 6.07) is 10.8. The highest BCUT2D eigenvalue weighted by atomic mass is 32.1. The zero-order valence-corrected chi connectivity index (χ0v) is 17.2. The quantitative estimate of drug-likeness (QED) is 0.713. The Bertz CT molecular complexity index is 1060. The van der Waals surface area contributed by atoms with E-state index in [2.05, 4.69) is 10.3 Å². The van der Waals surface area contributed by atoms with Crippen LogP contribution in [0.15, 0.2) is 51.2 Å². The molecule has 0 aliphatic carbocycles. The van der Waals surface area contributed by atoms with E-state index >= 15 is 0 Å². The molecule has 3 rings (SSSR count). The molecule has 6 nitrogen and oxygen atoms in total. The average Bonchev–Trinajstić information content (AvgIpc) is 3.24. The van der Waals surface area contributed by atoms with Crippen molar-refractivity contribution in [3.05, 3.63) is 74.9 Å². The van der Waals surface area contributed by atoms with E-state index in [4.69, 9.17) is 4.42 Å². The summed E-state index contributed by atoms with van der Waals surface area (Å²) < 4.78 is 7.58. The topological polar surface area (TPSA) is 76.6 Å². The van der Waals surface area contributed by atoms with Crippen LogP contribution < -0.4 is 10.1 Å². The zero-order valence-electron chi connectivity index (χ0n) is 16.4. The number of aromatic nitrogens is 1. The van der Waals surface area contributed by atoms with Crippen LogP contribution in [0.25, 0.3) is 0 Å². The maximum atomic E-state index is 12.5. The van der Waals surface area contributed by atoms with Crippen molar-refractivity contribution < 1.29 is 14.0 Å². The van der Waals surface area contributed by atoms with Gasteiger partial charge in [-0.1, -0.05) is 17.7 Å². The van der Waals surface area contributed by atoms with Crippen molar-refractivity contribution >= 4 is 23.2 Å². The number of hydrogen-bond acceptors (Lipinski definition) is 4. The molecule has 0 fully saturated rings. The summed E-state index contributed by atoms with van der Waals surface area (Å²) in [5.74, 6) is 0.367. The molecule has 0 spiro atoms. The van der Waals surface area contributed by atoms with E-state index in [9.17, 15) is 9.59 Å². The third kappa shape index (κ3) is 4.67. The first-order valence-corrected chi connectivity index (χ1v) is 9.91. The van der Waals surface area contributed by atoms with Crippen molar-refractivity contribution in [2.24, 2.45) is 4.99 Å². The van der Waals surface area contributed by atoms with E-state index in [1.54, 1.807) is 24.3 Å². The smallest absolute Gasteiger partial charge is 0.287 e. The molecule has 7 heteroatoms. The van der Waals surface area contributed by atoms with Crippen LogP contribution in [0, 0.1) is 13.8 Å². The third-order valence-corrected chi connectivity index (χ3v) is 5.09. The largest absolute Gasteiger partial charge is 0.454 e. The van der Waals surface area contributed by atoms with Gasteiger partial charge in [0.1, 0.15) is 5.76 Å². The number of thiazole rings is 1. The lowest BCUT2D eigenvalue weighted by Gasteiger charge is -2.06. The van der Waals surface area contributed by atoms with Crippen LogP contribution in [-0.4, -0.2) is 22.4 Å². The fourth-order valence-corrected chi connectivity index (χ4v) is 3.49. The Morgan fingerprint density at radius 3 is 2.54 bits per heavy atom. The van der Waals surface area contributed by atoms with Crippen molar-refractivity contribution in [1.82, 2.24) is 9.88 Å². The summed E-state index contributed by atoms with van der Waals surface area (Å²) in [6.45, 7) is 8.10. The van der Waals surface area contributed by atoms with Gasteiger partial charge in [-0.15, -0.1) is 11.3 Å². The number of amides is 2. The van der Waals surface area contributed by atoms with Crippen molar-refractivity contribution in [1.29, 1.82) is 0 Å². The van der Waals surface area contributed by atoms with E-state index in [0.29, 0.717) is 22.7 Å². The summed E-state index contributed by atoms with van der Waals surface area (Å²) >= 11 is 1.40. The molecule has 3 aromatic rings. The number of rotatable bonds is 5. The molecule has 0 aliphatic rings. The van der Waals surface area contributed by atoms with Gasteiger partial charge < -0.3 is 14.3 Å². The van der Waals surface area contributed by atoms with E-state index in [1.807, 2.05) is 49.8 Å². The van der Waals surface area contributed by atoms with Crippen LogP contribution >= 0.6 is 11.3 Å². The van der Waals surface area contributed by atoms with E-state index in [1.165, 1.54) is 11.3 Å². The first kappa shape index (κ1) is 19.8. The molecule has 28 heavy (non-hydrogen) atoms. The molecule has 0 unspecified atom stereocenters. The average molecular weight is 398 g/mol. The van der Waals surface area contributed by atoms with Crippen LogP contribution in [-0.2, 0) is 6.54 Å². The number of carbonyl (C=O) groups is 2. The molecule has 2 heterocycles. The Hall–Kier alpha value is -2.93. The second-order valence-electron chi connectivity index (χ2n) is 6.92. The minimum absolute atomic E-state index is 0.0349. The second kappa shape index (κ2) is 8.39. The minimum Gasteiger partial charge on any atom is -0.454 e. The Morgan fingerprint density at radius 1 is 1.14 bits per heavy atom. The molecule has 0 saturated carbocycles. The highest BCUT2D eigenvalue weighted by Gasteiger charge is 2.14. The van der Waals surface area contributed by atoms with Gasteiger partial charge in [0.2, 0.25) is 0 Å². The zero-order chi connectivity index (χ0) is 20.3. The molecule has 0 saturated heterocycles. The molecule has 0 atom stereocenters. The third-order valence-electron chi connectivity index (χ3n) is 4.11. The molecule has 2 aromatic heterocycles. The standard InChI is InChI=1S/C21H23N3O3S/c1-13(2)22-20(26)18-10-9-17(27-18)11-24-15(4)12-28-21(24)23-19(25)16-7-5-14(3)6-8-16/h5-10,12-13H,11H2,1-4H3,(H,22,26). The Morgan fingerprint density at radius 2 is 1.86 bits per heavy atom. The molecule has 0 radical (unpaired) electrons. The first-order valence-electron chi connectivity index (χ1n) is 9.03. The van der Waals surface area contributed by atoms with Crippen LogP contribution in [0.5, 0.6) is 0 Å². The van der Waals surface area contributed by atoms with Gasteiger partial charge in [-0.05, 0) is 52.0 Å². The molecule has 0 aliphatic heterocycles. The van der Waals surface area contributed by atoms with Gasteiger partial charge in [0, 0.05) is 22.7 Å². The molecule has 0 bridgehead atoms. The number of nitrogens with zero attached hydrogens (tertiary/aromatic N) is 2. The van der Waals surface area contributed by atoms with E-state index in [-0.39, 0.29) is 23.6 Å². The number of aryl methyl sites for hydroxylation is 2. The summed E-state index contributed by atoms with van der Waals surface area (Å²) in [7, 11) is 0. The summed E-state index contributed by atoms with van der Waals surface area (Å²) in [6.07, 6.45) is 0. The molecule has 1 N–H and O–H groups in total. The van der Waals surface area contributed by atoms with Crippen LogP contribution in [0.3, 0.4) is 0 Å². The van der Waals surface area contributed by atoms with Crippen molar-refractivity contribution in [2.45, 2.75) is 40.3 Å². The summed E-state index contributed by atoms with van der Waals surface area (Å²) in [4.78, 5) is 29.4. The molecular weight excluding hydrogens is 374 g/mol. The maximum absolute atomic E-state index is 12.5. The van der Waals surface area contributed by atoms with Crippen molar-refractivity contribution in [2.75, 3.05) is 0 Å². The van der Waals surface area contributed by atoms with Gasteiger partial charge in [-0.3, -0.25) is 9.59 Å². The highest BCUT2D eigenvalue weighted by molar-refractivity contribution is 7.07. The molecule has 146 valence electrons. The number of hydrogen-bond donors (Lipinski definition) is 1. The monoisotopic (exact) mass is 397 g/mol. The predicted molar refractivity (Wildman–Crippen MR) is 109 cm³/mol. The Labute approximate surface area is 167 Å². The van der Waals surface area contributed by atoms with Gasteiger partial charge in [0.05, 0.1) is 6.54 Å². The fraction of sp³-hybridized carbons (Fsp3) is 0.286. The van der Waals surface area contributed by atoms with Gasteiger partial charge >= 0.3 is 0 Å². The molecule has 1 aromatic carbocycles. The maximum Gasteiger partial charge on any atom is 0.287 e. The lowest BCUT2D eigenvalue weighted by atomic mass is 10.1. The normalized spacial score (nSPS) is 11.8. The van der Waals surface area contributed by atoms with Gasteiger partial charge in [0.15, 0.2) is 10.6 Å². The van der Waals surface area contributed by atoms with Crippen molar-refractivity contribution in [3.63, 3.8) is 0 Å². The van der Waals surface area contributed by atoms with Crippen molar-refractivity contribution in [3.8, 4) is 0 Å². The predicted octanol–water partition coefficient (Wildman–Crippen LogP) is 3.69. The second-order valence-corrected chi connectivity index (χ2v) is 7.76. The lowest BCUT2D eigenvalue weighted by molar-refractivity contribution is 0.0912. The summed E-state index contributed by atoms with van der Waals surface area (Å²) in [5, 5.41) is 4.74. The van der Waals surface area contributed by atoms with Gasteiger partial charge in [-0.25, -0.2) is 0 Å². The Kier molecular flexibility index (Phi) is 5.94. The minimum atomic E-state index is -0.285. The van der Waals surface area contributed by atoms with E-state index in [0.717, 1.165) is 11.3 Å². The van der Waals surface area contributed by atoms with Gasteiger partial charge in [-0.2, -0.15) is 4.99 Å². The number of furan rings is 1. The van der Waals surface area contributed by atoms with E-state index < -0.39 is 0 Å². The number of benzene rings is 1. The molecule has 2 amide bonds. The lowest BCUT2D eigenvalue weighted by Crippen LogP contribution is -2.29. The fourth-order valence-electron chi connectivity index (χ4n) is 2.62. The Balaban J connectivity index is 1.84. The first-order chi connectivity index (χ1) is 13.3. The highest BCUT2D eigenvalue weighted by Crippen LogP contribution is 2.12. The van der Waals surface area contributed by atoms with Crippen LogP contribution in [0.2, 0.25) is 0 Å². The summed E-state index contributed by atoms with van der Waals surface area (Å²) in [5.41, 5.74) is 2.60. The van der Waals surface area contributed by atoms with Crippen LogP contribution in [0.4, 0.5) is 0 Å². The van der Waals surface area contributed by atoms with Gasteiger partial charge in [0.25, 0.3) is 11.8 Å². The molecular formula is C21H23N3O3S. The van der Waals surface area contributed by atoms with Crippen LogP contribution in [0.1, 0.15) is 51.8 Å². The number of nitrogens with one attached hydrogen (secondary N) is 1. The SMILES string of the molecule is Cc1ccc(C(=O)N=c2scc(C)n2Cc2ccc(C(=O)NC(C)C)o2)cc1.